The quantitative estimate of drug-likeness (QED) is 0.937. The third-order valence-electron chi connectivity index (χ3n) is 4.18. The molecule has 2 heterocycles. The Kier molecular flexibility index (Phi) is 4.59. The van der Waals surface area contributed by atoms with Crippen LogP contribution in [0.4, 0.5) is 17.2 Å². The van der Waals surface area contributed by atoms with Crippen molar-refractivity contribution >= 4 is 17.2 Å². The zero-order valence-corrected chi connectivity index (χ0v) is 13.4. The van der Waals surface area contributed by atoms with E-state index < -0.39 is 0 Å². The molecule has 3 rings (SSSR count). The molecule has 0 aliphatic carbocycles. The van der Waals surface area contributed by atoms with Crippen molar-refractivity contribution in [1.29, 1.82) is 0 Å². The minimum atomic E-state index is 0.632. The monoisotopic (exact) mass is 296 g/mol. The van der Waals surface area contributed by atoms with Gasteiger partial charge in [0.1, 0.15) is 5.82 Å². The van der Waals surface area contributed by atoms with Crippen LogP contribution < -0.4 is 10.2 Å². The molecule has 1 aliphatic heterocycles. The Morgan fingerprint density at radius 2 is 1.64 bits per heavy atom. The molecule has 2 aromatic rings. The molecule has 0 saturated carbocycles. The average Bonchev–Trinajstić information content (AvgIpc) is 2.57. The Hall–Kier alpha value is -2.07. The second-order valence-electron chi connectivity index (χ2n) is 6.01. The fourth-order valence-electron chi connectivity index (χ4n) is 2.80. The third-order valence-corrected chi connectivity index (χ3v) is 4.18. The standard InChI is InChI=1S/C18H24N4/c1-15(2)21-10-12-22(13-11-21)18-9-8-17(14-19-18)20-16-6-4-3-5-7-16/h3-9,14-15,20H,10-13H2,1-2H3. The van der Waals surface area contributed by atoms with Crippen molar-refractivity contribution in [2.75, 3.05) is 36.4 Å². The van der Waals surface area contributed by atoms with E-state index in [-0.39, 0.29) is 0 Å². The van der Waals surface area contributed by atoms with Gasteiger partial charge in [0.25, 0.3) is 0 Å². The van der Waals surface area contributed by atoms with Crippen LogP contribution >= 0.6 is 0 Å². The van der Waals surface area contributed by atoms with E-state index in [4.69, 9.17) is 0 Å². The molecule has 0 unspecified atom stereocenters. The number of aromatic nitrogens is 1. The summed E-state index contributed by atoms with van der Waals surface area (Å²) < 4.78 is 0. The second kappa shape index (κ2) is 6.79. The van der Waals surface area contributed by atoms with Gasteiger partial charge >= 0.3 is 0 Å². The van der Waals surface area contributed by atoms with Gasteiger partial charge in [0.05, 0.1) is 11.9 Å². The van der Waals surface area contributed by atoms with Crippen LogP contribution in [-0.2, 0) is 0 Å². The molecule has 0 amide bonds. The smallest absolute Gasteiger partial charge is 0.128 e. The molecular weight excluding hydrogens is 272 g/mol. The molecule has 4 heteroatoms. The maximum absolute atomic E-state index is 4.61. The zero-order chi connectivity index (χ0) is 15.4. The first-order chi connectivity index (χ1) is 10.7. The van der Waals surface area contributed by atoms with Crippen molar-refractivity contribution in [3.63, 3.8) is 0 Å². The number of rotatable bonds is 4. The minimum Gasteiger partial charge on any atom is -0.354 e. The van der Waals surface area contributed by atoms with E-state index in [1.807, 2.05) is 24.4 Å². The molecule has 0 spiro atoms. The topological polar surface area (TPSA) is 31.4 Å². The zero-order valence-electron chi connectivity index (χ0n) is 13.4. The van der Waals surface area contributed by atoms with E-state index >= 15 is 0 Å². The van der Waals surface area contributed by atoms with Gasteiger partial charge in [0.15, 0.2) is 0 Å². The lowest BCUT2D eigenvalue weighted by Gasteiger charge is -2.37. The molecule has 4 nitrogen and oxygen atoms in total. The van der Waals surface area contributed by atoms with E-state index in [1.54, 1.807) is 0 Å². The molecule has 22 heavy (non-hydrogen) atoms. The molecule has 1 aromatic heterocycles. The Morgan fingerprint density at radius 1 is 0.909 bits per heavy atom. The van der Waals surface area contributed by atoms with Crippen molar-refractivity contribution < 1.29 is 0 Å². The normalized spacial score (nSPS) is 16.0. The number of hydrogen-bond acceptors (Lipinski definition) is 4. The molecule has 116 valence electrons. The van der Waals surface area contributed by atoms with Crippen LogP contribution in [0.2, 0.25) is 0 Å². The lowest BCUT2D eigenvalue weighted by molar-refractivity contribution is 0.209. The Bertz CT molecular complexity index is 572. The number of para-hydroxylation sites is 1. The fraction of sp³-hybridized carbons (Fsp3) is 0.389. The minimum absolute atomic E-state index is 0.632. The predicted octanol–water partition coefficient (Wildman–Crippen LogP) is 3.36. The summed E-state index contributed by atoms with van der Waals surface area (Å²) >= 11 is 0. The second-order valence-corrected chi connectivity index (χ2v) is 6.01. The SMILES string of the molecule is CC(C)N1CCN(c2ccc(Nc3ccccc3)cn2)CC1. The number of hydrogen-bond donors (Lipinski definition) is 1. The maximum atomic E-state index is 4.61. The summed E-state index contributed by atoms with van der Waals surface area (Å²) in [7, 11) is 0. The Morgan fingerprint density at radius 3 is 2.23 bits per heavy atom. The average molecular weight is 296 g/mol. The number of piperazine rings is 1. The number of pyridine rings is 1. The first kappa shape index (κ1) is 14.9. The van der Waals surface area contributed by atoms with Crippen LogP contribution in [0.25, 0.3) is 0 Å². The summed E-state index contributed by atoms with van der Waals surface area (Å²) in [6, 6.07) is 15.0. The highest BCUT2D eigenvalue weighted by Gasteiger charge is 2.19. The van der Waals surface area contributed by atoms with Crippen molar-refractivity contribution in [2.24, 2.45) is 0 Å². The largest absolute Gasteiger partial charge is 0.354 e. The molecule has 0 radical (unpaired) electrons. The van der Waals surface area contributed by atoms with E-state index in [1.165, 1.54) is 0 Å². The summed E-state index contributed by atoms with van der Waals surface area (Å²) in [4.78, 5) is 9.50. The summed E-state index contributed by atoms with van der Waals surface area (Å²) in [6.07, 6.45) is 1.91. The molecule has 1 aliphatic rings. The third kappa shape index (κ3) is 3.57. The summed E-state index contributed by atoms with van der Waals surface area (Å²) in [5, 5.41) is 3.37. The van der Waals surface area contributed by atoms with Crippen LogP contribution in [-0.4, -0.2) is 42.1 Å². The molecule has 0 atom stereocenters. The van der Waals surface area contributed by atoms with Gasteiger partial charge in [-0.3, -0.25) is 4.90 Å². The van der Waals surface area contributed by atoms with Gasteiger partial charge < -0.3 is 10.2 Å². The summed E-state index contributed by atoms with van der Waals surface area (Å²) in [5.41, 5.74) is 2.11. The lowest BCUT2D eigenvalue weighted by atomic mass is 10.2. The lowest BCUT2D eigenvalue weighted by Crippen LogP contribution is -2.49. The van der Waals surface area contributed by atoms with Crippen LogP contribution in [0, 0.1) is 0 Å². The molecule has 0 bridgehead atoms. The summed E-state index contributed by atoms with van der Waals surface area (Å²) in [6.45, 7) is 8.86. The van der Waals surface area contributed by atoms with E-state index in [0.717, 1.165) is 43.4 Å². The first-order valence-corrected chi connectivity index (χ1v) is 7.99. The first-order valence-electron chi connectivity index (χ1n) is 7.99. The van der Waals surface area contributed by atoms with Crippen molar-refractivity contribution in [1.82, 2.24) is 9.88 Å². The highest BCUT2D eigenvalue weighted by molar-refractivity contribution is 5.60. The molecular formula is C18H24N4. The Balaban J connectivity index is 1.60. The Labute approximate surface area is 132 Å². The highest BCUT2D eigenvalue weighted by Crippen LogP contribution is 2.19. The number of benzene rings is 1. The molecule has 1 saturated heterocycles. The van der Waals surface area contributed by atoms with Crippen LogP contribution in [0.15, 0.2) is 48.7 Å². The van der Waals surface area contributed by atoms with E-state index in [9.17, 15) is 0 Å². The van der Waals surface area contributed by atoms with Gasteiger partial charge in [-0.25, -0.2) is 4.98 Å². The van der Waals surface area contributed by atoms with Gasteiger partial charge in [0, 0.05) is 37.9 Å². The maximum Gasteiger partial charge on any atom is 0.128 e. The van der Waals surface area contributed by atoms with Gasteiger partial charge in [-0.15, -0.1) is 0 Å². The van der Waals surface area contributed by atoms with Gasteiger partial charge in [-0.1, -0.05) is 18.2 Å². The predicted molar refractivity (Wildman–Crippen MR) is 92.9 cm³/mol. The van der Waals surface area contributed by atoms with E-state index in [0.29, 0.717) is 6.04 Å². The van der Waals surface area contributed by atoms with Gasteiger partial charge in [0.2, 0.25) is 0 Å². The fourth-order valence-corrected chi connectivity index (χ4v) is 2.80. The summed E-state index contributed by atoms with van der Waals surface area (Å²) in [5.74, 6) is 1.07. The van der Waals surface area contributed by atoms with E-state index in [2.05, 4.69) is 58.2 Å². The molecule has 1 N–H and O–H groups in total. The van der Waals surface area contributed by atoms with Crippen molar-refractivity contribution in [3.8, 4) is 0 Å². The number of anilines is 3. The highest BCUT2D eigenvalue weighted by atomic mass is 15.3. The van der Waals surface area contributed by atoms with Gasteiger partial charge in [-0.2, -0.15) is 0 Å². The molecule has 1 fully saturated rings. The van der Waals surface area contributed by atoms with Crippen LogP contribution in [0.3, 0.4) is 0 Å². The van der Waals surface area contributed by atoms with Crippen molar-refractivity contribution in [3.05, 3.63) is 48.7 Å². The van der Waals surface area contributed by atoms with Crippen LogP contribution in [0.1, 0.15) is 13.8 Å². The number of nitrogens with zero attached hydrogens (tertiary/aromatic N) is 3. The van der Waals surface area contributed by atoms with Crippen LogP contribution in [0.5, 0.6) is 0 Å². The molecule has 1 aromatic carbocycles. The number of nitrogens with one attached hydrogen (secondary N) is 1. The van der Waals surface area contributed by atoms with Crippen molar-refractivity contribution in [2.45, 2.75) is 19.9 Å². The van der Waals surface area contributed by atoms with Gasteiger partial charge in [-0.05, 0) is 38.1 Å².